The van der Waals surface area contributed by atoms with Crippen molar-refractivity contribution in [1.82, 2.24) is 0 Å². The van der Waals surface area contributed by atoms with Crippen LogP contribution in [0.2, 0.25) is 0 Å². The average molecular weight is 256 g/mol. The number of benzene rings is 2. The molecular formula is C19H28. The maximum absolute atomic E-state index is 2.22. The van der Waals surface area contributed by atoms with Gasteiger partial charge in [-0.2, -0.15) is 0 Å². The van der Waals surface area contributed by atoms with Crippen LogP contribution in [0.25, 0.3) is 0 Å². The number of hydrogen-bond acceptors (Lipinski definition) is 0. The minimum atomic E-state index is 1.14. The van der Waals surface area contributed by atoms with E-state index in [1.807, 2.05) is 13.8 Å². The zero-order valence-electron chi connectivity index (χ0n) is 13.3. The van der Waals surface area contributed by atoms with Crippen LogP contribution in [0.5, 0.6) is 0 Å². The van der Waals surface area contributed by atoms with Crippen molar-refractivity contribution >= 4 is 0 Å². The molecule has 2 aromatic carbocycles. The first-order valence-electron chi connectivity index (χ1n) is 7.20. The summed E-state index contributed by atoms with van der Waals surface area (Å²) >= 11 is 0. The fraction of sp³-hybridized carbons (Fsp3) is 0.368. The molecule has 0 heterocycles. The summed E-state index contributed by atoms with van der Waals surface area (Å²) in [6.07, 6.45) is 1.14. The molecule has 0 fully saturated rings. The number of hydrogen-bond donors (Lipinski definition) is 0. The first-order chi connectivity index (χ1) is 9.11. The molecule has 0 aromatic heterocycles. The Balaban J connectivity index is 0.000000303. The third kappa shape index (κ3) is 8.20. The maximum Gasteiger partial charge on any atom is -0.0307 e. The summed E-state index contributed by atoms with van der Waals surface area (Å²) in [5.41, 5.74) is 5.46. The largest absolute Gasteiger partial charge is 0.0683 e. The third-order valence-electron chi connectivity index (χ3n) is 2.66. The SMILES string of the molecule is CC.CCc1cccc(C)c1.Cc1cccc(C)c1. The Kier molecular flexibility index (Phi) is 9.52. The minimum absolute atomic E-state index is 1.14. The van der Waals surface area contributed by atoms with Gasteiger partial charge in [-0.05, 0) is 32.8 Å². The van der Waals surface area contributed by atoms with Gasteiger partial charge in [0.25, 0.3) is 0 Å². The van der Waals surface area contributed by atoms with Gasteiger partial charge in [-0.1, -0.05) is 86.0 Å². The zero-order chi connectivity index (χ0) is 14.7. The Hall–Kier alpha value is -1.56. The van der Waals surface area contributed by atoms with E-state index in [-0.39, 0.29) is 0 Å². The van der Waals surface area contributed by atoms with Gasteiger partial charge < -0.3 is 0 Å². The fourth-order valence-electron chi connectivity index (χ4n) is 1.74. The molecule has 0 aliphatic rings. The summed E-state index contributed by atoms with van der Waals surface area (Å²) in [5.74, 6) is 0. The van der Waals surface area contributed by atoms with Crippen molar-refractivity contribution in [3.8, 4) is 0 Å². The predicted octanol–water partition coefficient (Wildman–Crippen LogP) is 5.89. The van der Waals surface area contributed by atoms with Crippen LogP contribution in [0, 0.1) is 20.8 Å². The maximum atomic E-state index is 2.22. The van der Waals surface area contributed by atoms with Gasteiger partial charge >= 0.3 is 0 Å². The molecule has 0 aliphatic carbocycles. The third-order valence-corrected chi connectivity index (χ3v) is 2.66. The Morgan fingerprint density at radius 3 is 1.37 bits per heavy atom. The van der Waals surface area contributed by atoms with Gasteiger partial charge in [-0.15, -0.1) is 0 Å². The Morgan fingerprint density at radius 2 is 1.11 bits per heavy atom. The Morgan fingerprint density at radius 1 is 0.684 bits per heavy atom. The van der Waals surface area contributed by atoms with Crippen molar-refractivity contribution in [2.75, 3.05) is 0 Å². The summed E-state index contributed by atoms with van der Waals surface area (Å²) < 4.78 is 0. The molecule has 19 heavy (non-hydrogen) atoms. The van der Waals surface area contributed by atoms with Crippen molar-refractivity contribution in [1.29, 1.82) is 0 Å². The molecule has 2 rings (SSSR count). The molecule has 0 atom stereocenters. The molecular weight excluding hydrogens is 228 g/mol. The molecule has 0 spiro atoms. The van der Waals surface area contributed by atoms with E-state index in [0.29, 0.717) is 0 Å². The van der Waals surface area contributed by atoms with Crippen molar-refractivity contribution in [2.24, 2.45) is 0 Å². The smallest absolute Gasteiger partial charge is 0.0307 e. The lowest BCUT2D eigenvalue weighted by Gasteiger charge is -1.95. The Labute approximate surface area is 119 Å². The van der Waals surface area contributed by atoms with Gasteiger partial charge in [0.1, 0.15) is 0 Å². The van der Waals surface area contributed by atoms with Crippen LogP contribution in [0.15, 0.2) is 48.5 Å². The van der Waals surface area contributed by atoms with E-state index < -0.39 is 0 Å². The molecule has 0 aliphatic heterocycles. The van der Waals surface area contributed by atoms with Crippen LogP contribution in [-0.2, 0) is 6.42 Å². The highest BCUT2D eigenvalue weighted by atomic mass is 13.9. The van der Waals surface area contributed by atoms with Crippen molar-refractivity contribution in [2.45, 2.75) is 48.0 Å². The van der Waals surface area contributed by atoms with Crippen LogP contribution < -0.4 is 0 Å². The van der Waals surface area contributed by atoms with E-state index >= 15 is 0 Å². The average Bonchev–Trinajstić information content (AvgIpc) is 2.41. The van der Waals surface area contributed by atoms with Crippen molar-refractivity contribution in [3.05, 3.63) is 70.8 Å². The minimum Gasteiger partial charge on any atom is -0.0683 e. The van der Waals surface area contributed by atoms with Crippen molar-refractivity contribution in [3.63, 3.8) is 0 Å². The van der Waals surface area contributed by atoms with Crippen molar-refractivity contribution < 1.29 is 0 Å². The predicted molar refractivity (Wildman–Crippen MR) is 87.8 cm³/mol. The van der Waals surface area contributed by atoms with Crippen LogP contribution in [-0.4, -0.2) is 0 Å². The summed E-state index contributed by atoms with van der Waals surface area (Å²) in [4.78, 5) is 0. The van der Waals surface area contributed by atoms with Crippen LogP contribution in [0.1, 0.15) is 43.0 Å². The molecule has 0 radical (unpaired) electrons. The highest BCUT2D eigenvalue weighted by Crippen LogP contribution is 2.03. The lowest BCUT2D eigenvalue weighted by atomic mass is 10.1. The van der Waals surface area contributed by atoms with E-state index in [1.54, 1.807) is 0 Å². The molecule has 0 saturated heterocycles. The quantitative estimate of drug-likeness (QED) is 0.597. The second-order valence-electron chi connectivity index (χ2n) is 4.50. The molecule has 0 N–H and O–H groups in total. The van der Waals surface area contributed by atoms with Crippen LogP contribution in [0.3, 0.4) is 0 Å². The van der Waals surface area contributed by atoms with E-state index in [9.17, 15) is 0 Å². The van der Waals surface area contributed by atoms with Crippen LogP contribution >= 0.6 is 0 Å². The Bertz CT molecular complexity index is 438. The standard InChI is InChI=1S/C9H12.C8H10.C2H6/c1-3-9-6-4-5-8(2)7-9;1-7-4-3-5-8(2)6-7;1-2/h4-7H,3H2,1-2H3;3-6H,1-2H3;1-2H3. The van der Waals surface area contributed by atoms with Gasteiger partial charge in [0.15, 0.2) is 0 Å². The normalized spacial score (nSPS) is 8.74. The summed E-state index contributed by atoms with van der Waals surface area (Å²) in [6, 6.07) is 17.1. The zero-order valence-corrected chi connectivity index (χ0v) is 13.3. The second-order valence-corrected chi connectivity index (χ2v) is 4.50. The number of rotatable bonds is 1. The molecule has 0 saturated carbocycles. The lowest BCUT2D eigenvalue weighted by Crippen LogP contribution is -1.78. The van der Waals surface area contributed by atoms with Gasteiger partial charge in [-0.25, -0.2) is 0 Å². The highest BCUT2D eigenvalue weighted by molar-refractivity contribution is 5.22. The van der Waals surface area contributed by atoms with E-state index in [0.717, 1.165) is 6.42 Å². The molecule has 0 amide bonds. The van der Waals surface area contributed by atoms with Gasteiger partial charge in [0, 0.05) is 0 Å². The van der Waals surface area contributed by atoms with E-state index in [4.69, 9.17) is 0 Å². The van der Waals surface area contributed by atoms with Gasteiger partial charge in [-0.3, -0.25) is 0 Å². The molecule has 0 bridgehead atoms. The molecule has 104 valence electrons. The van der Waals surface area contributed by atoms with Crippen LogP contribution in [0.4, 0.5) is 0 Å². The first kappa shape index (κ1) is 17.4. The van der Waals surface area contributed by atoms with E-state index in [1.165, 1.54) is 22.3 Å². The van der Waals surface area contributed by atoms with Gasteiger partial charge in [0.05, 0.1) is 0 Å². The fourth-order valence-corrected chi connectivity index (χ4v) is 1.74. The molecule has 2 aromatic rings. The molecule has 0 nitrogen and oxygen atoms in total. The van der Waals surface area contributed by atoms with Gasteiger partial charge in [0.2, 0.25) is 0 Å². The first-order valence-corrected chi connectivity index (χ1v) is 7.20. The molecule has 0 unspecified atom stereocenters. The monoisotopic (exact) mass is 256 g/mol. The summed E-state index contributed by atoms with van der Waals surface area (Å²) in [5, 5.41) is 0. The highest BCUT2D eigenvalue weighted by Gasteiger charge is 1.85. The topological polar surface area (TPSA) is 0 Å². The summed E-state index contributed by atoms with van der Waals surface area (Å²) in [6.45, 7) is 12.5. The number of aryl methyl sites for hydroxylation is 4. The van der Waals surface area contributed by atoms with E-state index in [2.05, 4.69) is 76.2 Å². The second kappa shape index (κ2) is 10.4. The lowest BCUT2D eigenvalue weighted by molar-refractivity contribution is 1.13. The molecule has 0 heteroatoms. The summed E-state index contributed by atoms with van der Waals surface area (Å²) in [7, 11) is 0.